The Morgan fingerprint density at radius 1 is 1.06 bits per heavy atom. The van der Waals surface area contributed by atoms with Crippen molar-refractivity contribution in [2.45, 2.75) is 72.0 Å². The van der Waals surface area contributed by atoms with Crippen LogP contribution in [0.5, 0.6) is 0 Å². The highest BCUT2D eigenvalue weighted by molar-refractivity contribution is 7.47. The molecule has 1 rings (SSSR count). The van der Waals surface area contributed by atoms with Crippen molar-refractivity contribution in [2.75, 3.05) is 13.7 Å². The maximum Gasteiger partial charge on any atom is 0.188 e. The van der Waals surface area contributed by atoms with E-state index in [0.717, 1.165) is 6.54 Å². The van der Waals surface area contributed by atoms with Gasteiger partial charge in [0.1, 0.15) is 0 Å². The SMILES string of the molecule is COP1N(C(C)(C)C)CCC(C)N1C(C)(C)C. The molecular weight excluding hydrogens is 231 g/mol. The summed E-state index contributed by atoms with van der Waals surface area (Å²) in [6.45, 7) is 17.1. The van der Waals surface area contributed by atoms with Gasteiger partial charge in [-0.25, -0.2) is 9.34 Å². The van der Waals surface area contributed by atoms with Crippen LogP contribution in [0, 0.1) is 0 Å². The fourth-order valence-corrected chi connectivity index (χ4v) is 4.87. The number of rotatable bonds is 1. The molecule has 0 aromatic heterocycles. The molecule has 0 saturated carbocycles. The predicted octanol–water partition coefficient (Wildman–Crippen LogP) is 3.85. The van der Waals surface area contributed by atoms with E-state index in [0.29, 0.717) is 6.04 Å². The molecule has 3 nitrogen and oxygen atoms in total. The second-order valence-corrected chi connectivity index (χ2v) is 8.67. The van der Waals surface area contributed by atoms with Crippen molar-refractivity contribution in [3.63, 3.8) is 0 Å². The lowest BCUT2D eigenvalue weighted by Gasteiger charge is -2.54. The standard InChI is InChI=1S/C13H29N2OP/c1-11-9-10-14(12(2,3)4)17(16-8)15(11)13(5,6)7/h11H,9-10H2,1-8H3. The van der Waals surface area contributed by atoms with E-state index in [1.807, 2.05) is 7.11 Å². The van der Waals surface area contributed by atoms with E-state index in [9.17, 15) is 0 Å². The quantitative estimate of drug-likeness (QED) is 0.666. The maximum absolute atomic E-state index is 5.86. The van der Waals surface area contributed by atoms with Gasteiger partial charge in [-0.2, -0.15) is 0 Å². The fraction of sp³-hybridized carbons (Fsp3) is 1.00. The minimum Gasteiger partial charge on any atom is -0.335 e. The average Bonchev–Trinajstić information content (AvgIpc) is 2.12. The minimum atomic E-state index is -0.645. The zero-order valence-electron chi connectivity index (χ0n) is 12.7. The largest absolute Gasteiger partial charge is 0.335 e. The molecule has 0 amide bonds. The zero-order valence-corrected chi connectivity index (χ0v) is 13.6. The van der Waals surface area contributed by atoms with E-state index in [-0.39, 0.29) is 11.1 Å². The van der Waals surface area contributed by atoms with E-state index in [4.69, 9.17) is 4.52 Å². The van der Waals surface area contributed by atoms with Crippen molar-refractivity contribution >= 4 is 8.45 Å². The molecular formula is C13H29N2OP. The Morgan fingerprint density at radius 3 is 1.94 bits per heavy atom. The van der Waals surface area contributed by atoms with Crippen LogP contribution in [0.4, 0.5) is 0 Å². The van der Waals surface area contributed by atoms with Crippen LogP contribution in [0.1, 0.15) is 54.9 Å². The normalized spacial score (nSPS) is 29.6. The third-order valence-corrected chi connectivity index (χ3v) is 6.09. The molecule has 0 spiro atoms. The van der Waals surface area contributed by atoms with Gasteiger partial charge in [0.2, 0.25) is 0 Å². The van der Waals surface area contributed by atoms with E-state index >= 15 is 0 Å². The van der Waals surface area contributed by atoms with Crippen molar-refractivity contribution in [3.05, 3.63) is 0 Å². The first-order chi connectivity index (χ1) is 7.59. The lowest BCUT2D eigenvalue weighted by Crippen LogP contribution is -2.54. The smallest absolute Gasteiger partial charge is 0.188 e. The summed E-state index contributed by atoms with van der Waals surface area (Å²) in [5.41, 5.74) is 0.330. The molecule has 1 aliphatic rings. The van der Waals surface area contributed by atoms with Crippen LogP contribution in [0.3, 0.4) is 0 Å². The summed E-state index contributed by atoms with van der Waals surface area (Å²) in [6.07, 6.45) is 1.22. The Kier molecular flexibility index (Phi) is 4.63. The highest BCUT2D eigenvalue weighted by Gasteiger charge is 2.44. The molecule has 102 valence electrons. The predicted molar refractivity (Wildman–Crippen MR) is 76.1 cm³/mol. The molecule has 0 aromatic rings. The van der Waals surface area contributed by atoms with Gasteiger partial charge in [-0.1, -0.05) is 0 Å². The third-order valence-electron chi connectivity index (χ3n) is 3.19. The maximum atomic E-state index is 5.86. The van der Waals surface area contributed by atoms with E-state index in [2.05, 4.69) is 57.8 Å². The van der Waals surface area contributed by atoms with E-state index in [1.165, 1.54) is 6.42 Å². The van der Waals surface area contributed by atoms with E-state index < -0.39 is 8.45 Å². The van der Waals surface area contributed by atoms with Crippen molar-refractivity contribution in [1.29, 1.82) is 0 Å². The summed E-state index contributed by atoms with van der Waals surface area (Å²) >= 11 is 0. The molecule has 0 aliphatic carbocycles. The summed E-state index contributed by atoms with van der Waals surface area (Å²) in [4.78, 5) is 0. The highest BCUT2D eigenvalue weighted by atomic mass is 31.2. The Hall–Kier alpha value is 0.310. The van der Waals surface area contributed by atoms with Crippen LogP contribution in [-0.2, 0) is 4.52 Å². The molecule has 0 radical (unpaired) electrons. The van der Waals surface area contributed by atoms with Gasteiger partial charge in [0.15, 0.2) is 8.45 Å². The molecule has 4 heteroatoms. The first-order valence-corrected chi connectivity index (χ1v) is 7.66. The molecule has 2 unspecified atom stereocenters. The summed E-state index contributed by atoms with van der Waals surface area (Å²) in [5.74, 6) is 0. The van der Waals surface area contributed by atoms with Gasteiger partial charge >= 0.3 is 0 Å². The van der Waals surface area contributed by atoms with Crippen LogP contribution < -0.4 is 0 Å². The van der Waals surface area contributed by atoms with Gasteiger partial charge in [-0.05, 0) is 54.9 Å². The van der Waals surface area contributed by atoms with Gasteiger partial charge in [0.05, 0.1) is 0 Å². The van der Waals surface area contributed by atoms with Crippen molar-refractivity contribution < 1.29 is 4.52 Å². The Morgan fingerprint density at radius 2 is 1.59 bits per heavy atom. The highest BCUT2D eigenvalue weighted by Crippen LogP contribution is 2.56. The average molecular weight is 260 g/mol. The first-order valence-electron chi connectivity index (χ1n) is 6.50. The zero-order chi connectivity index (χ0) is 13.4. The van der Waals surface area contributed by atoms with Gasteiger partial charge in [0.25, 0.3) is 0 Å². The lowest BCUT2D eigenvalue weighted by molar-refractivity contribution is 0.0989. The molecule has 2 atom stereocenters. The molecule has 17 heavy (non-hydrogen) atoms. The molecule has 1 fully saturated rings. The first kappa shape index (κ1) is 15.4. The van der Waals surface area contributed by atoms with Gasteiger partial charge in [-0.15, -0.1) is 0 Å². The Labute approximate surface area is 108 Å². The third kappa shape index (κ3) is 3.41. The number of hydrogen-bond donors (Lipinski definition) is 0. The van der Waals surface area contributed by atoms with Crippen LogP contribution in [0.15, 0.2) is 0 Å². The van der Waals surface area contributed by atoms with Crippen molar-refractivity contribution in [2.24, 2.45) is 0 Å². The second kappa shape index (κ2) is 5.13. The van der Waals surface area contributed by atoms with Crippen LogP contribution >= 0.6 is 8.45 Å². The molecule has 0 N–H and O–H groups in total. The molecule has 0 bridgehead atoms. The van der Waals surface area contributed by atoms with Crippen molar-refractivity contribution in [1.82, 2.24) is 9.34 Å². The van der Waals surface area contributed by atoms with Crippen LogP contribution in [0.2, 0.25) is 0 Å². The topological polar surface area (TPSA) is 15.7 Å². The molecule has 1 heterocycles. The summed E-state index contributed by atoms with van der Waals surface area (Å²) in [6, 6.07) is 0.597. The summed E-state index contributed by atoms with van der Waals surface area (Å²) in [7, 11) is 1.20. The van der Waals surface area contributed by atoms with Crippen LogP contribution in [0.25, 0.3) is 0 Å². The Balaban J connectivity index is 3.01. The van der Waals surface area contributed by atoms with Crippen LogP contribution in [-0.4, -0.2) is 40.1 Å². The molecule has 0 aromatic carbocycles. The summed E-state index contributed by atoms with van der Waals surface area (Å²) < 4.78 is 10.9. The van der Waals surface area contributed by atoms with Gasteiger partial charge in [-0.3, -0.25) is 0 Å². The molecule has 1 saturated heterocycles. The second-order valence-electron chi connectivity index (χ2n) is 6.88. The lowest BCUT2D eigenvalue weighted by atomic mass is 10.0. The monoisotopic (exact) mass is 260 g/mol. The van der Waals surface area contributed by atoms with Gasteiger partial charge < -0.3 is 4.52 Å². The molecule has 1 aliphatic heterocycles. The minimum absolute atomic E-state index is 0.158. The Bertz CT molecular complexity index is 257. The number of hydrogen-bond acceptors (Lipinski definition) is 3. The summed E-state index contributed by atoms with van der Waals surface area (Å²) in [5, 5.41) is 0. The van der Waals surface area contributed by atoms with Gasteiger partial charge in [0, 0.05) is 30.8 Å². The van der Waals surface area contributed by atoms with Crippen molar-refractivity contribution in [3.8, 4) is 0 Å². The number of nitrogens with zero attached hydrogens (tertiary/aromatic N) is 2. The van der Waals surface area contributed by atoms with E-state index in [1.54, 1.807) is 0 Å². The fourth-order valence-electron chi connectivity index (χ4n) is 2.50.